The average Bonchev–Trinajstić information content (AvgIpc) is 2.28. The zero-order chi connectivity index (χ0) is 12.3. The number of nitrogen functional groups attached to an aromatic ring is 1. The summed E-state index contributed by atoms with van der Waals surface area (Å²) < 4.78 is 18.2. The number of hydrogen-bond donors (Lipinski definition) is 1. The molecular formula is C13H12FNOS. The summed E-state index contributed by atoms with van der Waals surface area (Å²) in [5.41, 5.74) is 6.02. The summed E-state index contributed by atoms with van der Waals surface area (Å²) in [4.78, 5) is 1.79. The van der Waals surface area contributed by atoms with E-state index in [1.54, 1.807) is 13.2 Å². The third-order valence-electron chi connectivity index (χ3n) is 2.19. The minimum Gasteiger partial charge on any atom is -0.497 e. The van der Waals surface area contributed by atoms with Crippen molar-refractivity contribution in [2.45, 2.75) is 9.79 Å². The van der Waals surface area contributed by atoms with Crippen LogP contribution in [0.5, 0.6) is 5.75 Å². The molecule has 0 aliphatic rings. The van der Waals surface area contributed by atoms with Crippen LogP contribution in [-0.2, 0) is 0 Å². The maximum atomic E-state index is 13.1. The lowest BCUT2D eigenvalue weighted by Crippen LogP contribution is -1.87. The normalized spacial score (nSPS) is 10.2. The largest absolute Gasteiger partial charge is 0.497 e. The van der Waals surface area contributed by atoms with Crippen LogP contribution in [0, 0.1) is 5.82 Å². The van der Waals surface area contributed by atoms with E-state index in [1.165, 1.54) is 23.9 Å². The molecule has 0 saturated heterocycles. The molecule has 0 saturated carbocycles. The molecule has 0 amide bonds. The predicted molar refractivity (Wildman–Crippen MR) is 67.9 cm³/mol. The molecule has 0 atom stereocenters. The minimum atomic E-state index is -0.319. The summed E-state index contributed by atoms with van der Waals surface area (Å²) in [5, 5.41) is 0. The van der Waals surface area contributed by atoms with E-state index < -0.39 is 0 Å². The highest BCUT2D eigenvalue weighted by Crippen LogP contribution is 2.30. The third-order valence-corrected chi connectivity index (χ3v) is 3.17. The Balaban J connectivity index is 2.19. The van der Waals surface area contributed by atoms with Crippen LogP contribution in [0.4, 0.5) is 10.1 Å². The van der Waals surface area contributed by atoms with Crippen LogP contribution in [0.3, 0.4) is 0 Å². The van der Waals surface area contributed by atoms with Crippen LogP contribution < -0.4 is 10.5 Å². The topological polar surface area (TPSA) is 35.2 Å². The van der Waals surface area contributed by atoms with Crippen LogP contribution in [0.15, 0.2) is 52.3 Å². The average molecular weight is 249 g/mol. The smallest absolute Gasteiger partial charge is 0.126 e. The molecule has 0 unspecified atom stereocenters. The highest BCUT2D eigenvalue weighted by molar-refractivity contribution is 7.99. The monoisotopic (exact) mass is 249 g/mol. The number of ether oxygens (including phenoxy) is 1. The molecule has 2 N–H and O–H groups in total. The Hall–Kier alpha value is -1.68. The Kier molecular flexibility index (Phi) is 3.54. The Bertz CT molecular complexity index is 493. The van der Waals surface area contributed by atoms with Crippen LogP contribution >= 0.6 is 11.8 Å². The molecule has 2 aromatic carbocycles. The van der Waals surface area contributed by atoms with Crippen LogP contribution in [0.1, 0.15) is 0 Å². The molecule has 2 rings (SSSR count). The molecule has 4 heteroatoms. The number of benzene rings is 2. The first-order valence-electron chi connectivity index (χ1n) is 5.05. The molecule has 17 heavy (non-hydrogen) atoms. The van der Waals surface area contributed by atoms with Crippen molar-refractivity contribution < 1.29 is 9.13 Å². The number of methoxy groups -OCH3 is 1. The first kappa shape index (κ1) is 11.8. The van der Waals surface area contributed by atoms with E-state index >= 15 is 0 Å². The van der Waals surface area contributed by atoms with Crippen molar-refractivity contribution in [2.24, 2.45) is 0 Å². The van der Waals surface area contributed by atoms with E-state index in [9.17, 15) is 4.39 Å². The van der Waals surface area contributed by atoms with E-state index in [4.69, 9.17) is 10.5 Å². The highest BCUT2D eigenvalue weighted by Gasteiger charge is 2.01. The van der Waals surface area contributed by atoms with Gasteiger partial charge in [0.15, 0.2) is 0 Å². The second-order valence-electron chi connectivity index (χ2n) is 3.50. The van der Waals surface area contributed by atoms with Crippen molar-refractivity contribution >= 4 is 17.4 Å². The van der Waals surface area contributed by atoms with Crippen LogP contribution in [0.2, 0.25) is 0 Å². The lowest BCUT2D eigenvalue weighted by molar-refractivity contribution is 0.414. The van der Waals surface area contributed by atoms with Crippen molar-refractivity contribution in [3.05, 3.63) is 48.3 Å². The van der Waals surface area contributed by atoms with Gasteiger partial charge in [-0.2, -0.15) is 0 Å². The van der Waals surface area contributed by atoms with Gasteiger partial charge in [-0.1, -0.05) is 11.8 Å². The van der Waals surface area contributed by atoms with Gasteiger partial charge in [-0.05, 0) is 42.5 Å². The Morgan fingerprint density at radius 1 is 1.06 bits per heavy atom. The Labute approximate surface area is 104 Å². The molecular weight excluding hydrogens is 237 g/mol. The van der Waals surface area contributed by atoms with E-state index in [2.05, 4.69) is 0 Å². The molecule has 0 fully saturated rings. The van der Waals surface area contributed by atoms with Crippen molar-refractivity contribution in [1.29, 1.82) is 0 Å². The first-order valence-corrected chi connectivity index (χ1v) is 5.87. The molecule has 0 bridgehead atoms. The van der Waals surface area contributed by atoms with Gasteiger partial charge in [-0.3, -0.25) is 0 Å². The fourth-order valence-electron chi connectivity index (χ4n) is 1.42. The fourth-order valence-corrected chi connectivity index (χ4v) is 2.33. The van der Waals surface area contributed by atoms with Gasteiger partial charge in [-0.25, -0.2) is 4.39 Å². The van der Waals surface area contributed by atoms with Crippen LogP contribution in [-0.4, -0.2) is 7.11 Å². The van der Waals surface area contributed by atoms with Gasteiger partial charge in [0.1, 0.15) is 11.6 Å². The zero-order valence-electron chi connectivity index (χ0n) is 9.31. The second kappa shape index (κ2) is 5.10. The molecule has 88 valence electrons. The van der Waals surface area contributed by atoms with E-state index in [1.807, 2.05) is 24.3 Å². The number of rotatable bonds is 3. The summed E-state index contributed by atoms with van der Waals surface area (Å²) in [5.74, 6) is 0.481. The molecule has 0 aliphatic heterocycles. The summed E-state index contributed by atoms with van der Waals surface area (Å²) in [6.07, 6.45) is 0. The van der Waals surface area contributed by atoms with Gasteiger partial charge >= 0.3 is 0 Å². The van der Waals surface area contributed by atoms with E-state index in [0.717, 1.165) is 15.5 Å². The third kappa shape index (κ3) is 3.14. The summed E-state index contributed by atoms with van der Waals surface area (Å²) in [6, 6.07) is 12.1. The number of nitrogens with two attached hydrogens (primary N) is 1. The van der Waals surface area contributed by atoms with Gasteiger partial charge < -0.3 is 10.5 Å². The number of hydrogen-bond acceptors (Lipinski definition) is 3. The SMILES string of the molecule is COc1ccc(Sc2cc(N)cc(F)c2)cc1. The van der Waals surface area contributed by atoms with Gasteiger partial charge in [0.05, 0.1) is 7.11 Å². The number of halogens is 1. The predicted octanol–water partition coefficient (Wildman–Crippen LogP) is 3.57. The highest BCUT2D eigenvalue weighted by atomic mass is 32.2. The maximum absolute atomic E-state index is 13.1. The minimum absolute atomic E-state index is 0.319. The second-order valence-corrected chi connectivity index (χ2v) is 4.64. The number of anilines is 1. The van der Waals surface area contributed by atoms with Crippen molar-refractivity contribution in [2.75, 3.05) is 12.8 Å². The summed E-state index contributed by atoms with van der Waals surface area (Å²) in [6.45, 7) is 0. The van der Waals surface area contributed by atoms with E-state index in [-0.39, 0.29) is 5.82 Å². The summed E-state index contributed by atoms with van der Waals surface area (Å²) in [7, 11) is 1.62. The lowest BCUT2D eigenvalue weighted by Gasteiger charge is -2.04. The van der Waals surface area contributed by atoms with E-state index in [0.29, 0.717) is 5.69 Å². The molecule has 2 aromatic rings. The summed E-state index contributed by atoms with van der Waals surface area (Å²) >= 11 is 1.46. The molecule has 0 heterocycles. The lowest BCUT2D eigenvalue weighted by atomic mass is 10.3. The van der Waals surface area contributed by atoms with Crippen LogP contribution in [0.25, 0.3) is 0 Å². The zero-order valence-corrected chi connectivity index (χ0v) is 10.1. The van der Waals surface area contributed by atoms with Crippen molar-refractivity contribution in [3.8, 4) is 5.75 Å². The van der Waals surface area contributed by atoms with Crippen molar-refractivity contribution in [1.82, 2.24) is 0 Å². The van der Waals surface area contributed by atoms with Crippen molar-refractivity contribution in [3.63, 3.8) is 0 Å². The molecule has 0 spiro atoms. The first-order chi connectivity index (χ1) is 8.17. The maximum Gasteiger partial charge on any atom is 0.126 e. The van der Waals surface area contributed by atoms with Gasteiger partial charge in [0, 0.05) is 15.5 Å². The Morgan fingerprint density at radius 2 is 1.76 bits per heavy atom. The fraction of sp³-hybridized carbons (Fsp3) is 0.0769. The van der Waals surface area contributed by atoms with Gasteiger partial charge in [0.2, 0.25) is 0 Å². The Morgan fingerprint density at radius 3 is 2.35 bits per heavy atom. The molecule has 2 nitrogen and oxygen atoms in total. The molecule has 0 radical (unpaired) electrons. The molecule has 0 aromatic heterocycles. The van der Waals surface area contributed by atoms with Gasteiger partial charge in [0.25, 0.3) is 0 Å². The quantitative estimate of drug-likeness (QED) is 0.845. The standard InChI is InChI=1S/C13H12FNOS/c1-16-11-2-4-12(5-3-11)17-13-7-9(14)6-10(15)8-13/h2-8H,15H2,1H3. The van der Waals surface area contributed by atoms with Gasteiger partial charge in [-0.15, -0.1) is 0 Å². The molecule has 0 aliphatic carbocycles.